The van der Waals surface area contributed by atoms with E-state index in [0.717, 1.165) is 11.8 Å². The summed E-state index contributed by atoms with van der Waals surface area (Å²) < 4.78 is 24.6. The fourth-order valence-corrected chi connectivity index (χ4v) is 2.29. The van der Waals surface area contributed by atoms with Gasteiger partial charge in [0, 0.05) is 18.4 Å². The van der Waals surface area contributed by atoms with Gasteiger partial charge in [-0.25, -0.2) is 13.4 Å². The molecule has 0 atom stereocenters. The van der Waals surface area contributed by atoms with E-state index >= 15 is 0 Å². The van der Waals surface area contributed by atoms with E-state index in [2.05, 4.69) is 21.1 Å². The normalized spacial score (nSPS) is 10.7. The highest BCUT2D eigenvalue weighted by atomic mass is 32.2. The van der Waals surface area contributed by atoms with Crippen molar-refractivity contribution in [3.63, 3.8) is 0 Å². The molecule has 0 radical (unpaired) electrons. The Kier molecular flexibility index (Phi) is 4.40. The van der Waals surface area contributed by atoms with Crippen molar-refractivity contribution in [3.05, 3.63) is 53.7 Å². The highest BCUT2D eigenvalue weighted by molar-refractivity contribution is 7.92. The maximum atomic E-state index is 11.1. The summed E-state index contributed by atoms with van der Waals surface area (Å²) in [5.41, 5.74) is 1.94. The van der Waals surface area contributed by atoms with Crippen LogP contribution in [0.1, 0.15) is 11.1 Å². The lowest BCUT2D eigenvalue weighted by Crippen LogP contribution is -2.09. The Bertz CT molecular complexity index is 764. The summed E-state index contributed by atoms with van der Waals surface area (Å²) in [5, 5.41) is 12.0. The van der Waals surface area contributed by atoms with E-state index in [1.165, 1.54) is 0 Å². The maximum absolute atomic E-state index is 11.1. The molecule has 0 saturated heterocycles. The molecule has 0 bridgehead atoms. The van der Waals surface area contributed by atoms with Crippen LogP contribution in [0.5, 0.6) is 0 Å². The number of nitrogens with one attached hydrogen (secondary N) is 2. The van der Waals surface area contributed by atoms with Crippen LogP contribution in [0.4, 0.5) is 11.5 Å². The van der Waals surface area contributed by atoms with E-state index in [4.69, 9.17) is 5.26 Å². The Labute approximate surface area is 123 Å². The first-order valence-corrected chi connectivity index (χ1v) is 8.03. The quantitative estimate of drug-likeness (QED) is 0.880. The fourth-order valence-electron chi connectivity index (χ4n) is 1.73. The molecule has 21 heavy (non-hydrogen) atoms. The van der Waals surface area contributed by atoms with Gasteiger partial charge in [-0.15, -0.1) is 0 Å². The van der Waals surface area contributed by atoms with Gasteiger partial charge < -0.3 is 5.32 Å². The Hall–Kier alpha value is -2.59. The lowest BCUT2D eigenvalue weighted by molar-refractivity contribution is 0.607. The minimum atomic E-state index is -3.27. The van der Waals surface area contributed by atoms with Gasteiger partial charge in [-0.05, 0) is 29.8 Å². The summed E-state index contributed by atoms with van der Waals surface area (Å²) in [4.78, 5) is 4.11. The second-order valence-corrected chi connectivity index (χ2v) is 6.18. The van der Waals surface area contributed by atoms with Crippen LogP contribution in [0, 0.1) is 11.3 Å². The van der Waals surface area contributed by atoms with Crippen LogP contribution < -0.4 is 10.0 Å². The molecule has 2 aromatic rings. The van der Waals surface area contributed by atoms with Gasteiger partial charge in [0.15, 0.2) is 0 Å². The average Bonchev–Trinajstić information content (AvgIpc) is 2.45. The largest absolute Gasteiger partial charge is 0.365 e. The zero-order chi connectivity index (χ0) is 15.3. The van der Waals surface area contributed by atoms with Crippen LogP contribution in [0.25, 0.3) is 0 Å². The first-order chi connectivity index (χ1) is 9.98. The third-order valence-electron chi connectivity index (χ3n) is 2.65. The summed E-state index contributed by atoms with van der Waals surface area (Å²) >= 11 is 0. The summed E-state index contributed by atoms with van der Waals surface area (Å²) in [7, 11) is -3.27. The van der Waals surface area contributed by atoms with Gasteiger partial charge in [-0.3, -0.25) is 4.72 Å². The summed E-state index contributed by atoms with van der Waals surface area (Å²) in [6.07, 6.45) is 2.72. The van der Waals surface area contributed by atoms with E-state index in [0.29, 0.717) is 23.6 Å². The highest BCUT2D eigenvalue weighted by Crippen LogP contribution is 2.14. The monoisotopic (exact) mass is 302 g/mol. The molecule has 0 amide bonds. The van der Waals surface area contributed by atoms with E-state index in [-0.39, 0.29) is 0 Å². The number of nitrogens with zero attached hydrogens (tertiary/aromatic N) is 2. The van der Waals surface area contributed by atoms with Crippen molar-refractivity contribution >= 4 is 21.5 Å². The molecule has 0 unspecified atom stereocenters. The Balaban J connectivity index is 2.03. The number of aromatic nitrogens is 1. The van der Waals surface area contributed by atoms with Gasteiger partial charge in [-0.2, -0.15) is 5.26 Å². The van der Waals surface area contributed by atoms with E-state index in [1.807, 2.05) is 0 Å². The molecule has 6 nitrogen and oxygen atoms in total. The predicted octanol–water partition coefficient (Wildman–Crippen LogP) is 1.94. The number of hydrogen-bond donors (Lipinski definition) is 2. The van der Waals surface area contributed by atoms with Crippen molar-refractivity contribution in [1.82, 2.24) is 4.98 Å². The van der Waals surface area contributed by atoms with Crippen molar-refractivity contribution < 1.29 is 8.42 Å². The zero-order valence-electron chi connectivity index (χ0n) is 11.4. The minimum Gasteiger partial charge on any atom is -0.365 e. The smallest absolute Gasteiger partial charge is 0.229 e. The minimum absolute atomic E-state index is 0.480. The summed E-state index contributed by atoms with van der Waals surface area (Å²) in [6, 6.07) is 12.4. The molecule has 7 heteroatoms. The molecule has 0 fully saturated rings. The first-order valence-electron chi connectivity index (χ1n) is 6.13. The van der Waals surface area contributed by atoms with Crippen LogP contribution in [-0.4, -0.2) is 19.7 Å². The van der Waals surface area contributed by atoms with Crippen LogP contribution in [0.3, 0.4) is 0 Å². The number of nitriles is 1. The first kappa shape index (κ1) is 14.8. The molecule has 1 heterocycles. The Morgan fingerprint density at radius 1 is 1.24 bits per heavy atom. The number of benzene rings is 1. The molecule has 2 rings (SSSR count). The van der Waals surface area contributed by atoms with E-state index < -0.39 is 10.0 Å². The van der Waals surface area contributed by atoms with Gasteiger partial charge in [0.05, 0.1) is 11.8 Å². The predicted molar refractivity (Wildman–Crippen MR) is 81.2 cm³/mol. The zero-order valence-corrected chi connectivity index (χ0v) is 12.2. The summed E-state index contributed by atoms with van der Waals surface area (Å²) in [6.45, 7) is 0.491. The molecule has 1 aromatic heterocycles. The molecule has 0 spiro atoms. The van der Waals surface area contributed by atoms with Crippen LogP contribution in [0.2, 0.25) is 0 Å². The number of hydrogen-bond acceptors (Lipinski definition) is 5. The molecule has 0 aliphatic heterocycles. The molecular formula is C14H14N4O2S. The van der Waals surface area contributed by atoms with E-state index in [1.54, 1.807) is 42.6 Å². The maximum Gasteiger partial charge on any atom is 0.229 e. The molecule has 1 aromatic carbocycles. The molecule has 0 aliphatic carbocycles. The highest BCUT2D eigenvalue weighted by Gasteiger charge is 2.03. The lowest BCUT2D eigenvalue weighted by Gasteiger charge is -2.08. The Morgan fingerprint density at radius 3 is 2.57 bits per heavy atom. The number of anilines is 2. The van der Waals surface area contributed by atoms with Gasteiger partial charge in [0.25, 0.3) is 0 Å². The van der Waals surface area contributed by atoms with Gasteiger partial charge >= 0.3 is 0 Å². The standard InChI is InChI=1S/C14H14N4O2S/c1-21(19,20)18-13-6-4-11(5-7-13)10-17-14-12(9-15)3-2-8-16-14/h2-8,18H,10H2,1H3,(H,16,17). The molecule has 0 aliphatic rings. The van der Waals surface area contributed by atoms with Crippen molar-refractivity contribution in [2.45, 2.75) is 6.54 Å². The van der Waals surface area contributed by atoms with E-state index in [9.17, 15) is 8.42 Å². The lowest BCUT2D eigenvalue weighted by atomic mass is 10.2. The second-order valence-electron chi connectivity index (χ2n) is 4.44. The molecule has 108 valence electrons. The van der Waals surface area contributed by atoms with Crippen LogP contribution in [-0.2, 0) is 16.6 Å². The van der Waals surface area contributed by atoms with Gasteiger partial charge in [-0.1, -0.05) is 12.1 Å². The van der Waals surface area contributed by atoms with Crippen LogP contribution >= 0.6 is 0 Å². The molecule has 0 saturated carbocycles. The SMILES string of the molecule is CS(=O)(=O)Nc1ccc(CNc2ncccc2C#N)cc1. The van der Waals surface area contributed by atoms with Crippen molar-refractivity contribution in [3.8, 4) is 6.07 Å². The van der Waals surface area contributed by atoms with Crippen molar-refractivity contribution in [1.29, 1.82) is 5.26 Å². The second kappa shape index (κ2) is 6.24. The third kappa shape index (κ3) is 4.47. The molecule has 2 N–H and O–H groups in total. The third-order valence-corrected chi connectivity index (χ3v) is 3.25. The van der Waals surface area contributed by atoms with Gasteiger partial charge in [0.2, 0.25) is 10.0 Å². The number of sulfonamides is 1. The fraction of sp³-hybridized carbons (Fsp3) is 0.143. The van der Waals surface area contributed by atoms with Gasteiger partial charge in [0.1, 0.15) is 11.9 Å². The average molecular weight is 302 g/mol. The summed E-state index contributed by atoms with van der Waals surface area (Å²) in [5.74, 6) is 0.526. The van der Waals surface area contributed by atoms with Crippen molar-refractivity contribution in [2.75, 3.05) is 16.3 Å². The van der Waals surface area contributed by atoms with Crippen molar-refractivity contribution in [2.24, 2.45) is 0 Å². The number of rotatable bonds is 5. The Morgan fingerprint density at radius 2 is 1.95 bits per heavy atom. The van der Waals surface area contributed by atoms with Crippen LogP contribution in [0.15, 0.2) is 42.6 Å². The molecular weight excluding hydrogens is 288 g/mol. The topological polar surface area (TPSA) is 94.9 Å². The number of pyridine rings is 1.